The summed E-state index contributed by atoms with van der Waals surface area (Å²) >= 11 is 0. The number of hydrogen-bond donors (Lipinski definition) is 1. The van der Waals surface area contributed by atoms with Crippen molar-refractivity contribution in [2.45, 2.75) is 33.2 Å². The maximum absolute atomic E-state index is 4.75. The summed E-state index contributed by atoms with van der Waals surface area (Å²) in [6.45, 7) is 7.06. The van der Waals surface area contributed by atoms with E-state index in [1.165, 1.54) is 18.4 Å². The second-order valence-corrected chi connectivity index (χ2v) is 5.86. The molecular weight excluding hydrogens is 365 g/mol. The first-order valence-corrected chi connectivity index (χ1v) is 6.99. The van der Waals surface area contributed by atoms with Gasteiger partial charge < -0.3 is 10.2 Å². The molecular formula is C14H26IN5. The van der Waals surface area contributed by atoms with Crippen LogP contribution in [0.4, 0.5) is 0 Å². The lowest BCUT2D eigenvalue weighted by molar-refractivity contribution is 0.470. The standard InChI is InChI=1S/C14H25N5.HI/c1-5-15-13(16-11-14(2)6-7-14)18(3)9-12-8-17-19(4)10-12;/h8,10H,5-7,9,11H2,1-4H3,(H,15,16);1H. The van der Waals surface area contributed by atoms with Crippen molar-refractivity contribution < 1.29 is 0 Å². The van der Waals surface area contributed by atoms with Crippen molar-refractivity contribution >= 4 is 29.9 Å². The number of nitrogens with zero attached hydrogens (tertiary/aromatic N) is 4. The lowest BCUT2D eigenvalue weighted by Crippen LogP contribution is -2.38. The zero-order chi connectivity index (χ0) is 13.9. The van der Waals surface area contributed by atoms with Crippen molar-refractivity contribution in [1.82, 2.24) is 20.0 Å². The second-order valence-electron chi connectivity index (χ2n) is 5.86. The van der Waals surface area contributed by atoms with E-state index in [4.69, 9.17) is 4.99 Å². The topological polar surface area (TPSA) is 45.5 Å². The van der Waals surface area contributed by atoms with E-state index in [1.807, 2.05) is 24.1 Å². The minimum Gasteiger partial charge on any atom is -0.357 e. The van der Waals surface area contributed by atoms with Crippen LogP contribution in [0.3, 0.4) is 0 Å². The molecule has 0 bridgehead atoms. The van der Waals surface area contributed by atoms with Crippen molar-refractivity contribution in [3.8, 4) is 0 Å². The Balaban J connectivity index is 0.00000200. The molecule has 1 fully saturated rings. The molecule has 1 aliphatic rings. The number of aliphatic imine (C=N–C) groups is 1. The Hall–Kier alpha value is -0.790. The van der Waals surface area contributed by atoms with Gasteiger partial charge in [-0.3, -0.25) is 9.67 Å². The average Bonchev–Trinajstić information content (AvgIpc) is 2.96. The normalized spacial score (nSPS) is 16.5. The van der Waals surface area contributed by atoms with Gasteiger partial charge in [0.15, 0.2) is 5.96 Å². The molecule has 1 N–H and O–H groups in total. The first-order valence-electron chi connectivity index (χ1n) is 6.99. The van der Waals surface area contributed by atoms with E-state index in [2.05, 4.69) is 36.2 Å². The summed E-state index contributed by atoms with van der Waals surface area (Å²) in [5, 5.41) is 7.56. The van der Waals surface area contributed by atoms with Crippen molar-refractivity contribution in [2.75, 3.05) is 20.1 Å². The number of guanidine groups is 1. The van der Waals surface area contributed by atoms with Crippen LogP contribution in [-0.2, 0) is 13.6 Å². The summed E-state index contributed by atoms with van der Waals surface area (Å²) < 4.78 is 1.83. The van der Waals surface area contributed by atoms with E-state index in [-0.39, 0.29) is 24.0 Å². The molecule has 0 aromatic carbocycles. The third-order valence-corrected chi connectivity index (χ3v) is 3.59. The summed E-state index contributed by atoms with van der Waals surface area (Å²) in [5.41, 5.74) is 1.66. The van der Waals surface area contributed by atoms with Gasteiger partial charge in [-0.15, -0.1) is 24.0 Å². The van der Waals surface area contributed by atoms with Crippen LogP contribution in [0.1, 0.15) is 32.3 Å². The molecule has 114 valence electrons. The molecule has 0 amide bonds. The first-order chi connectivity index (χ1) is 9.02. The van der Waals surface area contributed by atoms with Crippen molar-refractivity contribution in [3.63, 3.8) is 0 Å². The van der Waals surface area contributed by atoms with Crippen molar-refractivity contribution in [1.29, 1.82) is 0 Å². The molecule has 1 aliphatic carbocycles. The summed E-state index contributed by atoms with van der Waals surface area (Å²) in [4.78, 5) is 6.91. The van der Waals surface area contributed by atoms with Gasteiger partial charge in [0.1, 0.15) is 0 Å². The molecule has 0 saturated heterocycles. The fourth-order valence-corrected chi connectivity index (χ4v) is 2.01. The Morgan fingerprint density at radius 1 is 1.55 bits per heavy atom. The van der Waals surface area contributed by atoms with Gasteiger partial charge in [-0.05, 0) is 25.2 Å². The third-order valence-electron chi connectivity index (χ3n) is 3.59. The maximum atomic E-state index is 4.75. The number of hydrogen-bond acceptors (Lipinski definition) is 2. The van der Waals surface area contributed by atoms with Gasteiger partial charge in [-0.2, -0.15) is 5.10 Å². The Bertz CT molecular complexity index is 450. The molecule has 1 heterocycles. The molecule has 2 rings (SSSR count). The lowest BCUT2D eigenvalue weighted by atomic mass is 10.1. The van der Waals surface area contributed by atoms with Crippen molar-refractivity contribution in [3.05, 3.63) is 18.0 Å². The quantitative estimate of drug-likeness (QED) is 0.476. The molecule has 20 heavy (non-hydrogen) atoms. The monoisotopic (exact) mass is 391 g/mol. The Labute approximate surface area is 138 Å². The zero-order valence-corrected chi connectivity index (χ0v) is 15.2. The number of halogens is 1. The summed E-state index contributed by atoms with van der Waals surface area (Å²) in [5.74, 6) is 0.986. The Kier molecular flexibility index (Phi) is 6.29. The number of aryl methyl sites for hydroxylation is 1. The molecule has 0 unspecified atom stereocenters. The van der Waals surface area contributed by atoms with Crippen LogP contribution in [0.15, 0.2) is 17.4 Å². The molecule has 6 heteroatoms. The van der Waals surface area contributed by atoms with Crippen LogP contribution in [-0.4, -0.2) is 40.8 Å². The van der Waals surface area contributed by atoms with Crippen LogP contribution >= 0.6 is 24.0 Å². The number of aromatic nitrogens is 2. The molecule has 1 aromatic rings. The fraction of sp³-hybridized carbons (Fsp3) is 0.714. The Morgan fingerprint density at radius 3 is 2.75 bits per heavy atom. The van der Waals surface area contributed by atoms with Gasteiger partial charge in [0.25, 0.3) is 0 Å². The smallest absolute Gasteiger partial charge is 0.193 e. The van der Waals surface area contributed by atoms with Crippen LogP contribution in [0.2, 0.25) is 0 Å². The molecule has 0 atom stereocenters. The minimum absolute atomic E-state index is 0. The van der Waals surface area contributed by atoms with E-state index in [9.17, 15) is 0 Å². The second kappa shape index (κ2) is 7.28. The van der Waals surface area contributed by atoms with Crippen molar-refractivity contribution in [2.24, 2.45) is 17.5 Å². The molecule has 5 nitrogen and oxygen atoms in total. The highest BCUT2D eigenvalue weighted by molar-refractivity contribution is 14.0. The van der Waals surface area contributed by atoms with E-state index in [0.717, 1.165) is 25.6 Å². The van der Waals surface area contributed by atoms with Gasteiger partial charge >= 0.3 is 0 Å². The molecule has 1 saturated carbocycles. The lowest BCUT2D eigenvalue weighted by Gasteiger charge is -2.22. The molecule has 1 aromatic heterocycles. The summed E-state index contributed by atoms with van der Waals surface area (Å²) in [6, 6.07) is 0. The zero-order valence-electron chi connectivity index (χ0n) is 12.9. The SMILES string of the molecule is CCNC(=NCC1(C)CC1)N(C)Cc1cnn(C)c1.I. The van der Waals surface area contributed by atoms with Crippen LogP contribution in [0, 0.1) is 5.41 Å². The van der Waals surface area contributed by atoms with E-state index >= 15 is 0 Å². The van der Waals surface area contributed by atoms with Gasteiger partial charge in [0.2, 0.25) is 0 Å². The highest BCUT2D eigenvalue weighted by atomic mass is 127. The summed E-state index contributed by atoms with van der Waals surface area (Å²) in [6.07, 6.45) is 6.56. The van der Waals surface area contributed by atoms with E-state index < -0.39 is 0 Å². The third kappa shape index (κ3) is 4.96. The van der Waals surface area contributed by atoms with E-state index in [1.54, 1.807) is 0 Å². The number of nitrogens with one attached hydrogen (secondary N) is 1. The maximum Gasteiger partial charge on any atom is 0.193 e. The molecule has 0 aliphatic heterocycles. The average molecular weight is 391 g/mol. The molecule has 0 spiro atoms. The van der Waals surface area contributed by atoms with Crippen LogP contribution < -0.4 is 5.32 Å². The predicted molar refractivity (Wildman–Crippen MR) is 93.4 cm³/mol. The van der Waals surface area contributed by atoms with Crippen LogP contribution in [0.5, 0.6) is 0 Å². The highest BCUT2D eigenvalue weighted by Crippen LogP contribution is 2.45. The van der Waals surface area contributed by atoms with Gasteiger partial charge in [0.05, 0.1) is 6.20 Å². The summed E-state index contributed by atoms with van der Waals surface area (Å²) in [7, 11) is 4.01. The van der Waals surface area contributed by atoms with E-state index in [0.29, 0.717) is 5.41 Å². The first kappa shape index (κ1) is 17.3. The van der Waals surface area contributed by atoms with Crippen LogP contribution in [0.25, 0.3) is 0 Å². The number of rotatable bonds is 5. The fourth-order valence-electron chi connectivity index (χ4n) is 2.01. The minimum atomic E-state index is 0. The largest absolute Gasteiger partial charge is 0.357 e. The highest BCUT2D eigenvalue weighted by Gasteiger charge is 2.37. The Morgan fingerprint density at radius 2 is 2.25 bits per heavy atom. The van der Waals surface area contributed by atoms with Gasteiger partial charge in [-0.25, -0.2) is 0 Å². The predicted octanol–water partition coefficient (Wildman–Crippen LogP) is 2.24. The van der Waals surface area contributed by atoms with Gasteiger partial charge in [0, 0.05) is 45.5 Å². The molecule has 0 radical (unpaired) electrons. The van der Waals surface area contributed by atoms with Gasteiger partial charge in [-0.1, -0.05) is 6.92 Å².